The van der Waals surface area contributed by atoms with Gasteiger partial charge in [-0.3, -0.25) is 9.59 Å². The van der Waals surface area contributed by atoms with Crippen LogP contribution in [0.4, 0.5) is 4.39 Å². The second-order valence-corrected chi connectivity index (χ2v) is 6.91. The zero-order valence-corrected chi connectivity index (χ0v) is 15.8. The van der Waals surface area contributed by atoms with Crippen molar-refractivity contribution in [2.45, 2.75) is 25.7 Å². The minimum Gasteiger partial charge on any atom is -0.341 e. The number of carbonyl (C=O) groups is 2. The molecule has 26 heavy (non-hydrogen) atoms. The van der Waals surface area contributed by atoms with Gasteiger partial charge in [0.05, 0.1) is 12.3 Å². The summed E-state index contributed by atoms with van der Waals surface area (Å²) in [6.07, 6.45) is 2.99. The van der Waals surface area contributed by atoms with Crippen LogP contribution in [0.2, 0.25) is 0 Å². The molecule has 2 heterocycles. The molecule has 2 aliphatic rings. The summed E-state index contributed by atoms with van der Waals surface area (Å²) in [5, 5.41) is 3.29. The van der Waals surface area contributed by atoms with E-state index < -0.39 is 0 Å². The summed E-state index contributed by atoms with van der Waals surface area (Å²) in [4.78, 5) is 28.9. The maximum atomic E-state index is 13.3. The Labute approximate surface area is 160 Å². The third kappa shape index (κ3) is 5.42. The van der Waals surface area contributed by atoms with E-state index in [2.05, 4.69) is 5.32 Å². The predicted octanol–water partition coefficient (Wildman–Crippen LogP) is 1.85. The van der Waals surface area contributed by atoms with Crippen LogP contribution in [0.5, 0.6) is 0 Å². The zero-order valence-electron chi connectivity index (χ0n) is 15.0. The lowest BCUT2D eigenvalue weighted by molar-refractivity contribution is -0.136. The van der Waals surface area contributed by atoms with E-state index in [4.69, 9.17) is 0 Å². The third-order valence-corrected chi connectivity index (χ3v) is 5.05. The monoisotopic (exact) mass is 383 g/mol. The molecule has 2 aliphatic heterocycles. The molecule has 2 amide bonds. The van der Waals surface area contributed by atoms with E-state index in [1.807, 2.05) is 4.90 Å². The molecule has 1 atom stereocenters. The van der Waals surface area contributed by atoms with Gasteiger partial charge in [0, 0.05) is 32.7 Å². The first-order chi connectivity index (χ1) is 12.1. The maximum absolute atomic E-state index is 13.3. The molecule has 1 aromatic carbocycles. The van der Waals surface area contributed by atoms with Crippen LogP contribution < -0.4 is 5.32 Å². The largest absolute Gasteiger partial charge is 0.341 e. The number of nitrogens with one attached hydrogen (secondary N) is 1. The number of benzene rings is 1. The average Bonchev–Trinajstić information content (AvgIpc) is 2.88. The highest BCUT2D eigenvalue weighted by Crippen LogP contribution is 2.16. The molecule has 0 aromatic heterocycles. The minimum absolute atomic E-state index is 0. The Balaban J connectivity index is 0.00000243. The highest BCUT2D eigenvalue weighted by atomic mass is 35.5. The van der Waals surface area contributed by atoms with Gasteiger partial charge in [0.25, 0.3) is 0 Å². The molecule has 5 nitrogen and oxygen atoms in total. The fraction of sp³-hybridized carbons (Fsp3) is 0.579. The van der Waals surface area contributed by atoms with Crippen LogP contribution in [-0.4, -0.2) is 60.9 Å². The molecule has 1 unspecified atom stereocenters. The van der Waals surface area contributed by atoms with Gasteiger partial charge in [0.1, 0.15) is 5.82 Å². The summed E-state index contributed by atoms with van der Waals surface area (Å²) in [6, 6.07) is 6.18. The summed E-state index contributed by atoms with van der Waals surface area (Å²) in [7, 11) is 0. The van der Waals surface area contributed by atoms with Gasteiger partial charge < -0.3 is 15.1 Å². The Kier molecular flexibility index (Phi) is 7.85. The molecule has 1 N–H and O–H groups in total. The van der Waals surface area contributed by atoms with Gasteiger partial charge >= 0.3 is 0 Å². The van der Waals surface area contributed by atoms with E-state index in [9.17, 15) is 14.0 Å². The highest BCUT2D eigenvalue weighted by molar-refractivity contribution is 5.85. The first kappa shape index (κ1) is 20.6. The van der Waals surface area contributed by atoms with Crippen molar-refractivity contribution >= 4 is 24.2 Å². The molecule has 0 saturated carbocycles. The molecular formula is C19H27ClFN3O2. The minimum atomic E-state index is -0.320. The lowest BCUT2D eigenvalue weighted by Gasteiger charge is -2.29. The Morgan fingerprint density at radius 3 is 2.62 bits per heavy atom. The second-order valence-electron chi connectivity index (χ2n) is 6.91. The molecule has 0 spiro atoms. The van der Waals surface area contributed by atoms with Crippen LogP contribution in [0, 0.1) is 11.7 Å². The SMILES string of the molecule is Cl.O=C(Cc1cccc(F)c1)N1CCCN(C(=O)C2CCCNC2)CC1. The molecular weight excluding hydrogens is 357 g/mol. The van der Waals surface area contributed by atoms with Crippen molar-refractivity contribution in [1.82, 2.24) is 15.1 Å². The van der Waals surface area contributed by atoms with Crippen LogP contribution in [0.1, 0.15) is 24.8 Å². The Hall–Kier alpha value is -1.66. The first-order valence-electron chi connectivity index (χ1n) is 9.15. The van der Waals surface area contributed by atoms with Gasteiger partial charge in [0.15, 0.2) is 0 Å². The molecule has 0 aliphatic carbocycles. The quantitative estimate of drug-likeness (QED) is 0.866. The molecule has 7 heteroatoms. The molecule has 2 fully saturated rings. The summed E-state index contributed by atoms with van der Waals surface area (Å²) in [5.74, 6) is -0.0341. The fourth-order valence-electron chi connectivity index (χ4n) is 3.64. The van der Waals surface area contributed by atoms with Gasteiger partial charge in [0.2, 0.25) is 11.8 Å². The lowest BCUT2D eigenvalue weighted by atomic mass is 9.98. The number of piperidine rings is 1. The van der Waals surface area contributed by atoms with Crippen LogP contribution in [0.25, 0.3) is 0 Å². The number of hydrogen-bond acceptors (Lipinski definition) is 3. The van der Waals surface area contributed by atoms with Gasteiger partial charge in [-0.05, 0) is 43.5 Å². The summed E-state index contributed by atoms with van der Waals surface area (Å²) >= 11 is 0. The van der Waals surface area contributed by atoms with Crippen molar-refractivity contribution in [3.05, 3.63) is 35.6 Å². The number of halogens is 2. The second kappa shape index (κ2) is 9.88. The molecule has 0 bridgehead atoms. The topological polar surface area (TPSA) is 52.7 Å². The lowest BCUT2D eigenvalue weighted by Crippen LogP contribution is -2.44. The van der Waals surface area contributed by atoms with Gasteiger partial charge in [-0.25, -0.2) is 4.39 Å². The smallest absolute Gasteiger partial charge is 0.227 e. The molecule has 1 aromatic rings. The molecule has 3 rings (SSSR count). The Bertz CT molecular complexity index is 623. The number of hydrogen-bond donors (Lipinski definition) is 1. The zero-order chi connectivity index (χ0) is 17.6. The summed E-state index contributed by atoms with van der Waals surface area (Å²) in [6.45, 7) is 4.26. The number of rotatable bonds is 3. The third-order valence-electron chi connectivity index (χ3n) is 5.05. The molecule has 0 radical (unpaired) electrons. The van der Waals surface area contributed by atoms with E-state index in [1.54, 1.807) is 17.0 Å². The van der Waals surface area contributed by atoms with Crippen molar-refractivity contribution < 1.29 is 14.0 Å². The van der Waals surface area contributed by atoms with Gasteiger partial charge in [-0.1, -0.05) is 12.1 Å². The van der Waals surface area contributed by atoms with Gasteiger partial charge in [-0.15, -0.1) is 12.4 Å². The van der Waals surface area contributed by atoms with Gasteiger partial charge in [-0.2, -0.15) is 0 Å². The van der Waals surface area contributed by atoms with E-state index in [0.29, 0.717) is 31.7 Å². The normalized spacial score (nSPS) is 20.9. The van der Waals surface area contributed by atoms with Crippen LogP contribution >= 0.6 is 12.4 Å². The van der Waals surface area contributed by atoms with Crippen molar-refractivity contribution in [3.8, 4) is 0 Å². The number of carbonyl (C=O) groups excluding carboxylic acids is 2. The van der Waals surface area contributed by atoms with Crippen molar-refractivity contribution in [2.24, 2.45) is 5.92 Å². The standard InChI is InChI=1S/C19H26FN3O2.ClH/c20-17-6-1-4-15(12-17)13-18(24)22-8-3-9-23(11-10-22)19(25)16-5-2-7-21-14-16;/h1,4,6,12,16,21H,2-3,5,7-11,13-14H2;1H. The van der Waals surface area contributed by atoms with Crippen LogP contribution in [0.15, 0.2) is 24.3 Å². The molecule has 144 valence electrons. The maximum Gasteiger partial charge on any atom is 0.227 e. The summed E-state index contributed by atoms with van der Waals surface area (Å²) in [5.41, 5.74) is 0.690. The van der Waals surface area contributed by atoms with Crippen molar-refractivity contribution in [3.63, 3.8) is 0 Å². The molecule has 2 saturated heterocycles. The Morgan fingerprint density at radius 2 is 1.88 bits per heavy atom. The number of nitrogens with zero attached hydrogens (tertiary/aromatic N) is 2. The average molecular weight is 384 g/mol. The Morgan fingerprint density at radius 1 is 1.12 bits per heavy atom. The van der Waals surface area contributed by atoms with E-state index >= 15 is 0 Å². The highest BCUT2D eigenvalue weighted by Gasteiger charge is 2.28. The van der Waals surface area contributed by atoms with E-state index in [-0.39, 0.29) is 42.4 Å². The van der Waals surface area contributed by atoms with Crippen LogP contribution in [0.3, 0.4) is 0 Å². The summed E-state index contributed by atoms with van der Waals surface area (Å²) < 4.78 is 13.3. The van der Waals surface area contributed by atoms with Crippen molar-refractivity contribution in [1.29, 1.82) is 0 Å². The van der Waals surface area contributed by atoms with E-state index in [0.717, 1.165) is 32.4 Å². The fourth-order valence-corrected chi connectivity index (χ4v) is 3.64. The van der Waals surface area contributed by atoms with Crippen molar-refractivity contribution in [2.75, 3.05) is 39.3 Å². The van der Waals surface area contributed by atoms with E-state index in [1.165, 1.54) is 12.1 Å². The number of amides is 2. The van der Waals surface area contributed by atoms with Crippen LogP contribution in [-0.2, 0) is 16.0 Å². The first-order valence-corrected chi connectivity index (χ1v) is 9.15. The predicted molar refractivity (Wildman–Crippen MR) is 101 cm³/mol.